The predicted octanol–water partition coefficient (Wildman–Crippen LogP) is 1.78. The molecule has 0 heterocycles. The van der Waals surface area contributed by atoms with Crippen LogP contribution in [0.5, 0.6) is 0 Å². The molecule has 10 heavy (non-hydrogen) atoms. The molecule has 0 aliphatic carbocycles. The molecule has 0 fully saturated rings. The third-order valence-corrected chi connectivity index (χ3v) is 1.46. The van der Waals surface area contributed by atoms with Crippen molar-refractivity contribution in [3.05, 3.63) is 0 Å². The topological polar surface area (TPSA) is 26.3 Å². The molecule has 0 aliphatic heterocycles. The third-order valence-electron chi connectivity index (χ3n) is 1.46. The van der Waals surface area contributed by atoms with Crippen LogP contribution in [0.4, 0.5) is 0 Å². The zero-order valence-corrected chi connectivity index (χ0v) is 7.02. The third kappa shape index (κ3) is 4.50. The van der Waals surface area contributed by atoms with Gasteiger partial charge >= 0.3 is 0 Å². The summed E-state index contributed by atoms with van der Waals surface area (Å²) in [5.74, 6) is 0.209. The van der Waals surface area contributed by atoms with Gasteiger partial charge in [-0.3, -0.25) is 4.79 Å². The lowest BCUT2D eigenvalue weighted by Crippen LogP contribution is -2.13. The molecule has 0 aromatic carbocycles. The quantitative estimate of drug-likeness (QED) is 0.588. The van der Waals surface area contributed by atoms with Gasteiger partial charge in [0.2, 0.25) is 0 Å². The van der Waals surface area contributed by atoms with Crippen LogP contribution in [0.2, 0.25) is 0 Å². The Kier molecular flexibility index (Phi) is 5.22. The van der Waals surface area contributed by atoms with Crippen LogP contribution in [-0.4, -0.2) is 19.0 Å². The van der Waals surface area contributed by atoms with E-state index < -0.39 is 0 Å². The van der Waals surface area contributed by atoms with Crippen molar-refractivity contribution >= 4 is 5.78 Å². The maximum atomic E-state index is 10.6. The van der Waals surface area contributed by atoms with Gasteiger partial charge in [0.25, 0.3) is 0 Å². The van der Waals surface area contributed by atoms with E-state index in [0.29, 0.717) is 6.42 Å². The van der Waals surface area contributed by atoms with Gasteiger partial charge < -0.3 is 4.74 Å². The molecule has 2 heteroatoms. The fourth-order valence-corrected chi connectivity index (χ4v) is 0.946. The summed E-state index contributed by atoms with van der Waals surface area (Å²) < 4.78 is 5.08. The highest BCUT2D eigenvalue weighted by molar-refractivity contribution is 5.75. The van der Waals surface area contributed by atoms with Crippen LogP contribution in [-0.2, 0) is 9.53 Å². The van der Waals surface area contributed by atoms with Gasteiger partial charge in [0, 0.05) is 13.5 Å². The molecule has 0 saturated heterocycles. The Hall–Kier alpha value is -0.370. The van der Waals surface area contributed by atoms with Gasteiger partial charge in [-0.05, 0) is 13.3 Å². The van der Waals surface area contributed by atoms with Crippen LogP contribution in [0, 0.1) is 0 Å². The van der Waals surface area contributed by atoms with Crippen LogP contribution in [0.15, 0.2) is 0 Å². The van der Waals surface area contributed by atoms with Gasteiger partial charge in [0.05, 0.1) is 6.10 Å². The molecular weight excluding hydrogens is 128 g/mol. The monoisotopic (exact) mass is 144 g/mol. The van der Waals surface area contributed by atoms with Gasteiger partial charge in [-0.15, -0.1) is 0 Å². The van der Waals surface area contributed by atoms with Crippen molar-refractivity contribution in [2.75, 3.05) is 7.11 Å². The molecule has 0 aliphatic rings. The Morgan fingerprint density at radius 3 is 2.50 bits per heavy atom. The second kappa shape index (κ2) is 5.42. The van der Waals surface area contributed by atoms with Gasteiger partial charge in [-0.1, -0.05) is 13.3 Å². The second-order valence-electron chi connectivity index (χ2n) is 2.55. The SMILES string of the molecule is CCC[C@H](CC(C)=O)OC. The lowest BCUT2D eigenvalue weighted by molar-refractivity contribution is -0.119. The molecule has 2 nitrogen and oxygen atoms in total. The largest absolute Gasteiger partial charge is 0.381 e. The average molecular weight is 144 g/mol. The molecular formula is C8H16O2. The van der Waals surface area contributed by atoms with Crippen LogP contribution in [0.1, 0.15) is 33.1 Å². The van der Waals surface area contributed by atoms with Crippen LogP contribution >= 0.6 is 0 Å². The van der Waals surface area contributed by atoms with Gasteiger partial charge in [-0.2, -0.15) is 0 Å². The lowest BCUT2D eigenvalue weighted by atomic mass is 10.1. The number of hydrogen-bond donors (Lipinski definition) is 0. The molecule has 0 rings (SSSR count). The Morgan fingerprint density at radius 1 is 1.60 bits per heavy atom. The predicted molar refractivity (Wildman–Crippen MR) is 41.0 cm³/mol. The average Bonchev–Trinajstić information content (AvgIpc) is 1.86. The van der Waals surface area contributed by atoms with Crippen molar-refractivity contribution in [2.45, 2.75) is 39.2 Å². The Balaban J connectivity index is 3.49. The molecule has 0 unspecified atom stereocenters. The lowest BCUT2D eigenvalue weighted by Gasteiger charge is -2.11. The number of ketones is 1. The summed E-state index contributed by atoms with van der Waals surface area (Å²) in [4.78, 5) is 10.6. The first-order valence-electron chi connectivity index (χ1n) is 3.73. The van der Waals surface area contributed by atoms with Crippen LogP contribution in [0.25, 0.3) is 0 Å². The van der Waals surface area contributed by atoms with Gasteiger partial charge in [0.15, 0.2) is 0 Å². The minimum absolute atomic E-state index is 0.141. The molecule has 0 amide bonds. The molecule has 0 bridgehead atoms. The van der Waals surface area contributed by atoms with E-state index in [-0.39, 0.29) is 11.9 Å². The van der Waals surface area contributed by atoms with E-state index in [9.17, 15) is 4.79 Å². The van der Waals surface area contributed by atoms with Crippen molar-refractivity contribution in [3.8, 4) is 0 Å². The zero-order valence-electron chi connectivity index (χ0n) is 7.02. The van der Waals surface area contributed by atoms with E-state index in [4.69, 9.17) is 4.74 Å². The minimum Gasteiger partial charge on any atom is -0.381 e. The number of carbonyl (C=O) groups is 1. The van der Waals surface area contributed by atoms with E-state index in [0.717, 1.165) is 12.8 Å². The zero-order chi connectivity index (χ0) is 7.98. The number of hydrogen-bond acceptors (Lipinski definition) is 2. The Labute approximate surface area is 62.6 Å². The molecule has 0 spiro atoms. The van der Waals surface area contributed by atoms with Crippen LogP contribution < -0.4 is 0 Å². The maximum absolute atomic E-state index is 10.6. The highest BCUT2D eigenvalue weighted by atomic mass is 16.5. The van der Waals surface area contributed by atoms with E-state index >= 15 is 0 Å². The summed E-state index contributed by atoms with van der Waals surface area (Å²) in [7, 11) is 1.66. The van der Waals surface area contributed by atoms with E-state index in [1.807, 2.05) is 0 Å². The summed E-state index contributed by atoms with van der Waals surface area (Å²) >= 11 is 0. The highest BCUT2D eigenvalue weighted by Gasteiger charge is 2.07. The first kappa shape index (κ1) is 9.63. The van der Waals surface area contributed by atoms with E-state index in [1.165, 1.54) is 0 Å². The Morgan fingerprint density at radius 2 is 2.20 bits per heavy atom. The van der Waals surface area contributed by atoms with Gasteiger partial charge in [-0.25, -0.2) is 0 Å². The molecule has 0 aromatic rings. The van der Waals surface area contributed by atoms with Crippen molar-refractivity contribution in [1.82, 2.24) is 0 Å². The van der Waals surface area contributed by atoms with E-state index in [2.05, 4.69) is 6.92 Å². The summed E-state index contributed by atoms with van der Waals surface area (Å²) in [6.45, 7) is 3.69. The first-order valence-corrected chi connectivity index (χ1v) is 3.73. The van der Waals surface area contributed by atoms with E-state index in [1.54, 1.807) is 14.0 Å². The molecule has 60 valence electrons. The first-order chi connectivity index (χ1) is 4.70. The smallest absolute Gasteiger partial charge is 0.132 e. The summed E-state index contributed by atoms with van der Waals surface area (Å²) in [5.41, 5.74) is 0. The van der Waals surface area contributed by atoms with Crippen molar-refractivity contribution in [1.29, 1.82) is 0 Å². The number of ether oxygens (including phenoxy) is 1. The fourth-order valence-electron chi connectivity index (χ4n) is 0.946. The Bertz CT molecular complexity index is 99.4. The van der Waals surface area contributed by atoms with Crippen molar-refractivity contribution in [3.63, 3.8) is 0 Å². The molecule has 0 radical (unpaired) electrons. The molecule has 0 saturated carbocycles. The number of rotatable bonds is 5. The molecule has 1 atom stereocenters. The van der Waals surface area contributed by atoms with Crippen molar-refractivity contribution in [2.24, 2.45) is 0 Å². The maximum Gasteiger partial charge on any atom is 0.132 e. The highest BCUT2D eigenvalue weighted by Crippen LogP contribution is 2.05. The summed E-state index contributed by atoms with van der Waals surface area (Å²) in [6.07, 6.45) is 2.76. The normalized spacial score (nSPS) is 13.1. The number of carbonyl (C=O) groups excluding carboxylic acids is 1. The van der Waals surface area contributed by atoms with Crippen LogP contribution in [0.3, 0.4) is 0 Å². The molecule has 0 aromatic heterocycles. The summed E-state index contributed by atoms with van der Waals surface area (Å²) in [5, 5.41) is 0. The second-order valence-corrected chi connectivity index (χ2v) is 2.55. The minimum atomic E-state index is 0.141. The van der Waals surface area contributed by atoms with Crippen molar-refractivity contribution < 1.29 is 9.53 Å². The molecule has 0 N–H and O–H groups in total. The number of methoxy groups -OCH3 is 1. The fraction of sp³-hybridized carbons (Fsp3) is 0.875. The van der Waals surface area contributed by atoms with Gasteiger partial charge in [0.1, 0.15) is 5.78 Å². The standard InChI is InChI=1S/C8H16O2/c1-4-5-8(10-3)6-7(2)9/h8H,4-6H2,1-3H3/t8-/m1/s1. The number of Topliss-reactive ketones (excluding diaryl/α,β-unsaturated/α-hetero) is 1. The summed E-state index contributed by atoms with van der Waals surface area (Å²) in [6, 6.07) is 0.